The van der Waals surface area contributed by atoms with E-state index in [1.165, 1.54) is 7.11 Å². The van der Waals surface area contributed by atoms with Gasteiger partial charge in [-0.25, -0.2) is 0 Å². The van der Waals surface area contributed by atoms with Crippen LogP contribution in [0.25, 0.3) is 0 Å². The van der Waals surface area contributed by atoms with Crippen LogP contribution in [0.2, 0.25) is 0 Å². The van der Waals surface area contributed by atoms with E-state index in [2.05, 4.69) is 0 Å². The Morgan fingerprint density at radius 3 is 2.27 bits per heavy atom. The first-order valence-electron chi connectivity index (χ1n) is 4.68. The van der Waals surface area contributed by atoms with Gasteiger partial charge in [0.25, 0.3) is 0 Å². The van der Waals surface area contributed by atoms with E-state index in [-0.39, 0.29) is 12.1 Å². The van der Waals surface area contributed by atoms with Gasteiger partial charge in [0.2, 0.25) is 0 Å². The Morgan fingerprint density at radius 1 is 1.27 bits per heavy atom. The molecule has 0 amide bonds. The number of hydrogen-bond donors (Lipinski definition) is 1. The molecule has 1 rings (SSSR count). The van der Waals surface area contributed by atoms with Crippen molar-refractivity contribution in [3.8, 4) is 0 Å². The second-order valence-corrected chi connectivity index (χ2v) is 4.04. The van der Waals surface area contributed by atoms with Crippen molar-refractivity contribution >= 4 is 5.97 Å². The largest absolute Gasteiger partial charge is 0.469 e. The number of carbonyl (C=O) groups excluding carboxylic acids is 1. The highest BCUT2D eigenvalue weighted by Crippen LogP contribution is 2.22. The molecule has 0 aliphatic rings. The molecule has 0 unspecified atom stereocenters. The average Bonchev–Trinajstić information content (AvgIpc) is 2.17. The van der Waals surface area contributed by atoms with Crippen LogP contribution in [0.1, 0.15) is 19.4 Å². The van der Waals surface area contributed by atoms with Crippen LogP contribution in [0.15, 0.2) is 30.3 Å². The van der Waals surface area contributed by atoms with Crippen LogP contribution in [0.4, 0.5) is 0 Å². The maximum Gasteiger partial charge on any atom is 0.311 e. The Kier molecular flexibility index (Phi) is 5.02. The zero-order valence-electron chi connectivity index (χ0n) is 9.62. The Hall–Kier alpha value is -1.35. The van der Waals surface area contributed by atoms with Crippen LogP contribution in [-0.4, -0.2) is 13.1 Å². The highest BCUT2D eigenvalue weighted by atomic mass is 16.5. The van der Waals surface area contributed by atoms with Crippen molar-refractivity contribution in [2.45, 2.75) is 20.3 Å². The molecular weight excluding hydrogens is 190 g/mol. The Morgan fingerprint density at radius 2 is 1.80 bits per heavy atom. The van der Waals surface area contributed by atoms with Crippen LogP contribution in [0.5, 0.6) is 0 Å². The molecule has 0 fully saturated rings. The maximum atomic E-state index is 11.4. The number of methoxy groups -OCH3 is 1. The predicted molar refractivity (Wildman–Crippen MR) is 61.0 cm³/mol. The van der Waals surface area contributed by atoms with E-state index in [4.69, 9.17) is 4.74 Å². The summed E-state index contributed by atoms with van der Waals surface area (Å²) in [6, 6.07) is 9.95. The lowest BCUT2D eigenvalue weighted by Crippen LogP contribution is -2.27. The van der Waals surface area contributed by atoms with E-state index >= 15 is 0 Å². The summed E-state index contributed by atoms with van der Waals surface area (Å²) in [5.74, 6) is -0.165. The molecule has 0 aliphatic heterocycles. The van der Waals surface area contributed by atoms with Gasteiger partial charge in [0.15, 0.2) is 0 Å². The topological polar surface area (TPSA) is 61.3 Å². The first-order valence-corrected chi connectivity index (χ1v) is 4.68. The molecule has 3 nitrogen and oxygen atoms in total. The summed E-state index contributed by atoms with van der Waals surface area (Å²) in [6.07, 6.45) is 0.709. The van der Waals surface area contributed by atoms with Gasteiger partial charge < -0.3 is 10.9 Å². The monoisotopic (exact) mass is 209 g/mol. The van der Waals surface area contributed by atoms with E-state index in [9.17, 15) is 4.79 Å². The lowest BCUT2D eigenvalue weighted by atomic mass is 9.86. The van der Waals surface area contributed by atoms with Gasteiger partial charge in [-0.15, -0.1) is 0 Å². The Labute approximate surface area is 91.0 Å². The van der Waals surface area contributed by atoms with E-state index in [0.29, 0.717) is 6.42 Å². The van der Waals surface area contributed by atoms with E-state index in [0.717, 1.165) is 5.56 Å². The third kappa shape index (κ3) is 3.72. The van der Waals surface area contributed by atoms with E-state index < -0.39 is 5.41 Å². The third-order valence-electron chi connectivity index (χ3n) is 2.23. The molecule has 84 valence electrons. The third-order valence-corrected chi connectivity index (χ3v) is 2.23. The number of hydrogen-bond acceptors (Lipinski definition) is 3. The van der Waals surface area contributed by atoms with E-state index in [1.54, 1.807) is 0 Å². The van der Waals surface area contributed by atoms with Crippen LogP contribution < -0.4 is 6.15 Å². The van der Waals surface area contributed by atoms with Crippen LogP contribution in [0, 0.1) is 5.41 Å². The quantitative estimate of drug-likeness (QED) is 0.778. The van der Waals surface area contributed by atoms with Crippen LogP contribution in [0.3, 0.4) is 0 Å². The molecule has 0 heterocycles. The summed E-state index contributed by atoms with van der Waals surface area (Å²) >= 11 is 0. The summed E-state index contributed by atoms with van der Waals surface area (Å²) in [5, 5.41) is 0. The second-order valence-electron chi connectivity index (χ2n) is 4.04. The van der Waals surface area contributed by atoms with Gasteiger partial charge in [-0.05, 0) is 25.8 Å². The Balaban J connectivity index is 0.00000196. The SMILES string of the molecule is COC(=O)C(C)(C)Cc1ccccc1.N. The van der Waals surface area contributed by atoms with Crippen molar-refractivity contribution < 1.29 is 9.53 Å². The van der Waals surface area contributed by atoms with Gasteiger partial charge in [0, 0.05) is 0 Å². The summed E-state index contributed by atoms with van der Waals surface area (Å²) in [7, 11) is 1.43. The number of rotatable bonds is 3. The lowest BCUT2D eigenvalue weighted by Gasteiger charge is -2.21. The molecule has 0 saturated heterocycles. The summed E-state index contributed by atoms with van der Waals surface area (Å²) in [6.45, 7) is 3.79. The molecule has 0 saturated carbocycles. The average molecular weight is 209 g/mol. The Bertz CT molecular complexity index is 307. The number of carbonyl (C=O) groups is 1. The molecule has 15 heavy (non-hydrogen) atoms. The fourth-order valence-electron chi connectivity index (χ4n) is 1.45. The standard InChI is InChI=1S/C12H16O2.H3N/c1-12(2,11(13)14-3)9-10-7-5-4-6-8-10;/h4-8H,9H2,1-3H3;1H3. The number of esters is 1. The fourth-order valence-corrected chi connectivity index (χ4v) is 1.45. The van der Waals surface area contributed by atoms with Gasteiger partial charge in [0.05, 0.1) is 12.5 Å². The summed E-state index contributed by atoms with van der Waals surface area (Å²) in [4.78, 5) is 11.4. The smallest absolute Gasteiger partial charge is 0.311 e. The minimum absolute atomic E-state index is 0. The normalized spacial score (nSPS) is 10.3. The van der Waals surface area contributed by atoms with Crippen molar-refractivity contribution in [1.82, 2.24) is 6.15 Å². The molecule has 1 aromatic carbocycles. The molecule has 0 spiro atoms. The molecule has 0 radical (unpaired) electrons. The van der Waals surface area contributed by atoms with Gasteiger partial charge in [-0.3, -0.25) is 4.79 Å². The maximum absolute atomic E-state index is 11.4. The lowest BCUT2D eigenvalue weighted by molar-refractivity contribution is -0.150. The second kappa shape index (κ2) is 5.51. The van der Waals surface area contributed by atoms with Crippen molar-refractivity contribution in [1.29, 1.82) is 0 Å². The van der Waals surface area contributed by atoms with Crippen LogP contribution in [-0.2, 0) is 16.0 Å². The zero-order valence-corrected chi connectivity index (χ0v) is 9.62. The predicted octanol–water partition coefficient (Wildman–Crippen LogP) is 2.59. The minimum atomic E-state index is -0.448. The van der Waals surface area contributed by atoms with Gasteiger partial charge in [-0.1, -0.05) is 30.3 Å². The molecule has 3 N–H and O–H groups in total. The van der Waals surface area contributed by atoms with Gasteiger partial charge in [0.1, 0.15) is 0 Å². The van der Waals surface area contributed by atoms with Crippen molar-refractivity contribution in [2.75, 3.05) is 7.11 Å². The molecule has 0 aromatic heterocycles. The first kappa shape index (κ1) is 13.7. The highest BCUT2D eigenvalue weighted by Gasteiger charge is 2.28. The van der Waals surface area contributed by atoms with Gasteiger partial charge >= 0.3 is 5.97 Å². The summed E-state index contributed by atoms with van der Waals surface area (Å²) < 4.78 is 4.75. The fraction of sp³-hybridized carbons (Fsp3) is 0.417. The first-order chi connectivity index (χ1) is 6.56. The summed E-state index contributed by atoms with van der Waals surface area (Å²) in [5.41, 5.74) is 0.707. The van der Waals surface area contributed by atoms with Gasteiger partial charge in [-0.2, -0.15) is 0 Å². The molecule has 1 aromatic rings. The van der Waals surface area contributed by atoms with Crippen molar-refractivity contribution in [3.63, 3.8) is 0 Å². The van der Waals surface area contributed by atoms with Crippen LogP contribution >= 0.6 is 0 Å². The molecule has 0 bridgehead atoms. The zero-order chi connectivity index (χ0) is 10.6. The van der Waals surface area contributed by atoms with E-state index in [1.807, 2.05) is 44.2 Å². The van der Waals surface area contributed by atoms with Crippen molar-refractivity contribution in [2.24, 2.45) is 5.41 Å². The molecule has 0 aliphatic carbocycles. The highest BCUT2D eigenvalue weighted by molar-refractivity contribution is 5.76. The number of benzene rings is 1. The minimum Gasteiger partial charge on any atom is -0.469 e. The molecular formula is C12H19NO2. The molecule has 0 atom stereocenters. The molecule has 3 heteroatoms. The van der Waals surface area contributed by atoms with Crippen molar-refractivity contribution in [3.05, 3.63) is 35.9 Å². The number of ether oxygens (including phenoxy) is 1.